The third kappa shape index (κ3) is 4.17. The minimum atomic E-state index is -1.07. The third-order valence-corrected chi connectivity index (χ3v) is 4.92. The zero-order chi connectivity index (χ0) is 18.7. The molecule has 6 nitrogen and oxygen atoms in total. The monoisotopic (exact) mass is 365 g/mol. The number of nitrogens with zero attached hydrogens (tertiary/aromatic N) is 1. The number of hydrogen-bond acceptors (Lipinski definition) is 3. The maximum atomic E-state index is 13.1. The van der Waals surface area contributed by atoms with E-state index in [0.717, 1.165) is 37.8 Å². The lowest BCUT2D eigenvalue weighted by Crippen LogP contribution is -2.39. The highest BCUT2D eigenvalue weighted by Crippen LogP contribution is 2.29. The molecule has 1 aliphatic heterocycles. The molecule has 3 amide bonds. The van der Waals surface area contributed by atoms with Gasteiger partial charge in [0, 0.05) is 30.8 Å². The van der Waals surface area contributed by atoms with Crippen LogP contribution in [0.4, 0.5) is 14.5 Å². The van der Waals surface area contributed by atoms with Crippen molar-refractivity contribution >= 4 is 23.4 Å². The maximum absolute atomic E-state index is 13.1. The van der Waals surface area contributed by atoms with E-state index in [2.05, 4.69) is 10.6 Å². The van der Waals surface area contributed by atoms with E-state index >= 15 is 0 Å². The highest BCUT2D eigenvalue weighted by Gasteiger charge is 2.38. The van der Waals surface area contributed by atoms with Crippen LogP contribution in [0.15, 0.2) is 18.2 Å². The molecule has 2 aliphatic rings. The van der Waals surface area contributed by atoms with Crippen LogP contribution in [-0.2, 0) is 14.4 Å². The van der Waals surface area contributed by atoms with Crippen molar-refractivity contribution in [2.45, 2.75) is 38.1 Å². The summed E-state index contributed by atoms with van der Waals surface area (Å²) in [7, 11) is 0. The Morgan fingerprint density at radius 3 is 2.58 bits per heavy atom. The van der Waals surface area contributed by atoms with E-state index in [1.54, 1.807) is 4.90 Å². The van der Waals surface area contributed by atoms with Crippen molar-refractivity contribution in [3.63, 3.8) is 0 Å². The predicted molar refractivity (Wildman–Crippen MR) is 90.1 cm³/mol. The van der Waals surface area contributed by atoms with Crippen molar-refractivity contribution in [2.75, 3.05) is 18.4 Å². The first-order valence-corrected chi connectivity index (χ1v) is 8.76. The Morgan fingerprint density at radius 2 is 1.88 bits per heavy atom. The lowest BCUT2D eigenvalue weighted by molar-refractivity contribution is -0.130. The molecule has 0 unspecified atom stereocenters. The van der Waals surface area contributed by atoms with Gasteiger partial charge >= 0.3 is 0 Å². The average Bonchev–Trinajstić information content (AvgIpc) is 3.25. The molecule has 2 fully saturated rings. The molecule has 1 saturated carbocycles. The first-order valence-electron chi connectivity index (χ1n) is 8.76. The summed E-state index contributed by atoms with van der Waals surface area (Å²) in [6.07, 6.45) is 4.34. The lowest BCUT2D eigenvalue weighted by atomic mass is 10.1. The number of rotatable bonds is 5. The van der Waals surface area contributed by atoms with Gasteiger partial charge in [-0.1, -0.05) is 12.8 Å². The van der Waals surface area contributed by atoms with Crippen LogP contribution < -0.4 is 10.6 Å². The minimum absolute atomic E-state index is 0.0108. The zero-order valence-electron chi connectivity index (χ0n) is 14.3. The van der Waals surface area contributed by atoms with Crippen LogP contribution in [0, 0.1) is 17.6 Å². The Balaban J connectivity index is 1.46. The number of halogens is 2. The SMILES string of the molecule is O=C(CNC(=O)[C@@H]1CC(=O)N(C2CCCC2)C1)Nc1ccc(F)c(F)c1. The fraction of sp³-hybridized carbons (Fsp3) is 0.500. The Morgan fingerprint density at radius 1 is 1.15 bits per heavy atom. The van der Waals surface area contributed by atoms with Crippen LogP contribution >= 0.6 is 0 Å². The number of likely N-dealkylation sites (tertiary alicyclic amines) is 1. The van der Waals surface area contributed by atoms with Gasteiger partial charge in [0.05, 0.1) is 12.5 Å². The van der Waals surface area contributed by atoms with Crippen LogP contribution in [0.25, 0.3) is 0 Å². The van der Waals surface area contributed by atoms with Crippen molar-refractivity contribution < 1.29 is 23.2 Å². The number of nitrogens with one attached hydrogen (secondary N) is 2. The summed E-state index contributed by atoms with van der Waals surface area (Å²) in [6, 6.07) is 3.24. The Kier molecular flexibility index (Phi) is 5.49. The summed E-state index contributed by atoms with van der Waals surface area (Å²) >= 11 is 0. The molecule has 8 heteroatoms. The molecular weight excluding hydrogens is 344 g/mol. The van der Waals surface area contributed by atoms with Gasteiger partial charge in [-0.25, -0.2) is 8.78 Å². The summed E-state index contributed by atoms with van der Waals surface area (Å²) in [5, 5.41) is 4.89. The molecule has 0 aromatic heterocycles. The second kappa shape index (κ2) is 7.80. The highest BCUT2D eigenvalue weighted by molar-refractivity contribution is 5.96. The van der Waals surface area contributed by atoms with Crippen LogP contribution in [0.5, 0.6) is 0 Å². The van der Waals surface area contributed by atoms with Gasteiger partial charge in [0.2, 0.25) is 17.7 Å². The van der Waals surface area contributed by atoms with Gasteiger partial charge in [-0.2, -0.15) is 0 Å². The molecule has 0 bridgehead atoms. The van der Waals surface area contributed by atoms with Crippen molar-refractivity contribution in [3.8, 4) is 0 Å². The van der Waals surface area contributed by atoms with Crippen molar-refractivity contribution in [3.05, 3.63) is 29.8 Å². The summed E-state index contributed by atoms with van der Waals surface area (Å²) in [5.41, 5.74) is 0.103. The average molecular weight is 365 g/mol. The van der Waals surface area contributed by atoms with E-state index in [4.69, 9.17) is 0 Å². The van der Waals surface area contributed by atoms with Gasteiger partial charge in [-0.15, -0.1) is 0 Å². The summed E-state index contributed by atoms with van der Waals surface area (Å²) in [4.78, 5) is 38.0. The second-order valence-electron chi connectivity index (χ2n) is 6.78. The van der Waals surface area contributed by atoms with Gasteiger partial charge in [-0.3, -0.25) is 14.4 Å². The molecule has 1 heterocycles. The molecule has 140 valence electrons. The quantitative estimate of drug-likeness (QED) is 0.835. The molecule has 1 aromatic rings. The predicted octanol–water partition coefficient (Wildman–Crippen LogP) is 1.81. The molecule has 1 atom stereocenters. The smallest absolute Gasteiger partial charge is 0.243 e. The van der Waals surface area contributed by atoms with E-state index in [-0.39, 0.29) is 36.5 Å². The van der Waals surface area contributed by atoms with E-state index in [0.29, 0.717) is 6.54 Å². The molecule has 3 rings (SSSR count). The third-order valence-electron chi connectivity index (χ3n) is 4.92. The molecule has 1 saturated heterocycles. The minimum Gasteiger partial charge on any atom is -0.347 e. The Bertz CT molecular complexity index is 720. The fourth-order valence-corrected chi connectivity index (χ4v) is 3.57. The molecule has 0 spiro atoms. The van der Waals surface area contributed by atoms with Gasteiger partial charge < -0.3 is 15.5 Å². The lowest BCUT2D eigenvalue weighted by Gasteiger charge is -2.23. The van der Waals surface area contributed by atoms with Gasteiger partial charge in [0.25, 0.3) is 0 Å². The standard InChI is InChI=1S/C18H21F2N3O3/c19-14-6-5-12(8-15(14)20)22-16(24)9-21-18(26)11-7-17(25)23(10-11)13-3-1-2-4-13/h5-6,8,11,13H,1-4,7,9-10H2,(H,21,26)(H,22,24)/t11-/m1/s1. The van der Waals surface area contributed by atoms with E-state index in [1.165, 1.54) is 6.07 Å². The fourth-order valence-electron chi connectivity index (χ4n) is 3.57. The topological polar surface area (TPSA) is 78.5 Å². The van der Waals surface area contributed by atoms with E-state index < -0.39 is 23.5 Å². The van der Waals surface area contributed by atoms with Crippen molar-refractivity contribution in [2.24, 2.45) is 5.92 Å². The van der Waals surface area contributed by atoms with Gasteiger partial charge in [0.15, 0.2) is 11.6 Å². The van der Waals surface area contributed by atoms with Crippen molar-refractivity contribution in [1.29, 1.82) is 0 Å². The van der Waals surface area contributed by atoms with Gasteiger partial charge in [-0.05, 0) is 25.0 Å². The van der Waals surface area contributed by atoms with E-state index in [9.17, 15) is 23.2 Å². The highest BCUT2D eigenvalue weighted by atomic mass is 19.2. The number of carbonyl (C=O) groups is 3. The number of amides is 3. The molecule has 1 aromatic carbocycles. The van der Waals surface area contributed by atoms with Crippen LogP contribution in [0.2, 0.25) is 0 Å². The van der Waals surface area contributed by atoms with Crippen LogP contribution in [0.1, 0.15) is 32.1 Å². The first kappa shape index (κ1) is 18.3. The zero-order valence-corrected chi connectivity index (χ0v) is 14.3. The molecule has 0 radical (unpaired) electrons. The summed E-state index contributed by atoms with van der Waals surface area (Å²) < 4.78 is 26.0. The van der Waals surface area contributed by atoms with Gasteiger partial charge in [0.1, 0.15) is 0 Å². The molecule has 26 heavy (non-hydrogen) atoms. The van der Waals surface area contributed by atoms with Crippen LogP contribution in [-0.4, -0.2) is 41.8 Å². The number of anilines is 1. The second-order valence-corrected chi connectivity index (χ2v) is 6.78. The molecule has 1 aliphatic carbocycles. The number of benzene rings is 1. The number of carbonyl (C=O) groups excluding carboxylic acids is 3. The summed E-state index contributed by atoms with van der Waals surface area (Å²) in [6.45, 7) is 0.0894. The molecular formula is C18H21F2N3O3. The normalized spacial score (nSPS) is 20.5. The largest absolute Gasteiger partial charge is 0.347 e. The summed E-state index contributed by atoms with van der Waals surface area (Å²) in [5.74, 6) is -3.44. The maximum Gasteiger partial charge on any atom is 0.243 e. The Labute approximate surface area is 149 Å². The van der Waals surface area contributed by atoms with Crippen LogP contribution in [0.3, 0.4) is 0 Å². The van der Waals surface area contributed by atoms with Crippen molar-refractivity contribution in [1.82, 2.24) is 10.2 Å². The number of hydrogen-bond donors (Lipinski definition) is 2. The molecule has 2 N–H and O–H groups in total. The van der Waals surface area contributed by atoms with E-state index in [1.807, 2.05) is 0 Å². The first-order chi connectivity index (χ1) is 12.4. The Hall–Kier alpha value is -2.51.